The van der Waals surface area contributed by atoms with E-state index in [9.17, 15) is 72.5 Å². The van der Waals surface area contributed by atoms with Gasteiger partial charge in [0.2, 0.25) is 70.9 Å². The molecule has 0 unspecified atom stereocenters. The highest BCUT2D eigenvalue weighted by atomic mass is 16.4. The number of hydrogen-bond acceptors (Lipinski definition) is 21. The van der Waals surface area contributed by atoms with Crippen molar-refractivity contribution in [3.63, 3.8) is 0 Å². The second-order valence-corrected chi connectivity index (χ2v) is 25.4. The number of guanidine groups is 3. The normalized spacial score (nSPS) is 13.6. The van der Waals surface area contributed by atoms with E-state index in [4.69, 9.17) is 56.7 Å². The molecule has 0 fully saturated rings. The minimum Gasteiger partial charge on any atom is -0.508 e. The molecule has 0 heterocycles. The Morgan fingerprint density at radius 1 is 0.358 bits per heavy atom. The van der Waals surface area contributed by atoms with Crippen molar-refractivity contribution in [1.82, 2.24) is 63.8 Å². The number of carbonyl (C=O) groups excluding carboxylic acids is 12. The summed E-state index contributed by atoms with van der Waals surface area (Å²) in [6.45, 7) is -1.50. The third-order valence-corrected chi connectivity index (χ3v) is 16.3. The third-order valence-electron chi connectivity index (χ3n) is 16.3. The number of nitrogens with one attached hydrogen (secondary N) is 12. The van der Waals surface area contributed by atoms with Crippen LogP contribution in [0.1, 0.15) is 101 Å². The molecule has 0 spiro atoms. The fraction of sp³-hybridized carbons (Fsp3) is 0.507. The number of nitrogens with zero attached hydrogens (tertiary/aromatic N) is 3. The molecule has 40 nitrogen and oxygen atoms in total. The van der Waals surface area contributed by atoms with Crippen molar-refractivity contribution >= 4 is 94.7 Å². The van der Waals surface area contributed by atoms with E-state index in [2.05, 4.69) is 78.8 Å². The van der Waals surface area contributed by atoms with Crippen LogP contribution in [-0.2, 0) is 81.6 Å². The molecule has 40 heteroatoms. The lowest BCUT2D eigenvalue weighted by Crippen LogP contribution is -2.60. The van der Waals surface area contributed by atoms with E-state index < -0.39 is 164 Å². The molecule has 10 atom stereocenters. The van der Waals surface area contributed by atoms with Gasteiger partial charge in [-0.3, -0.25) is 77.3 Å². The maximum Gasteiger partial charge on any atom is 0.322 e. The number of carboxylic acids is 1. The predicted molar refractivity (Wildman–Crippen MR) is 402 cm³/mol. The third kappa shape index (κ3) is 37.9. The summed E-state index contributed by atoms with van der Waals surface area (Å²) in [5.41, 5.74) is 52.1. The highest BCUT2D eigenvalue weighted by molar-refractivity contribution is 5.99. The number of nitrogens with two attached hydrogens (primary N) is 9. The lowest BCUT2D eigenvalue weighted by molar-refractivity contribution is -0.138. The minimum absolute atomic E-state index is 0.000472. The predicted octanol–water partition coefficient (Wildman–Crippen LogP) is -8.03. The second kappa shape index (κ2) is 50.7. The molecule has 0 aliphatic heterocycles. The summed E-state index contributed by atoms with van der Waals surface area (Å²) < 4.78 is 0. The summed E-state index contributed by atoms with van der Waals surface area (Å²) in [6, 6.07) is 8.12. The number of aliphatic hydroxyl groups excluding tert-OH is 1. The number of aliphatic imine (C=N–C) groups is 3. The molecule has 600 valence electrons. The molecular formula is C69H108N24O16. The van der Waals surface area contributed by atoms with Crippen LogP contribution in [0, 0.1) is 0 Å². The number of hydrogen-bond donors (Lipinski definition) is 24. The van der Waals surface area contributed by atoms with Crippen molar-refractivity contribution in [1.29, 1.82) is 0 Å². The monoisotopic (exact) mass is 1530 g/mol. The number of aromatic hydroxyl groups is 1. The van der Waals surface area contributed by atoms with Crippen molar-refractivity contribution in [2.24, 2.45) is 66.6 Å². The molecule has 0 saturated carbocycles. The van der Waals surface area contributed by atoms with Gasteiger partial charge in [-0.1, -0.05) is 72.8 Å². The van der Waals surface area contributed by atoms with Crippen LogP contribution in [-0.4, -0.2) is 229 Å². The zero-order valence-electron chi connectivity index (χ0n) is 61.0. The van der Waals surface area contributed by atoms with Gasteiger partial charge in [-0.2, -0.15) is 0 Å². The van der Waals surface area contributed by atoms with Gasteiger partial charge in [-0.05, 0) is 126 Å². The first-order valence-corrected chi connectivity index (χ1v) is 35.5. The van der Waals surface area contributed by atoms with Gasteiger partial charge in [0.1, 0.15) is 66.7 Å². The van der Waals surface area contributed by atoms with E-state index in [-0.39, 0.29) is 140 Å². The summed E-state index contributed by atoms with van der Waals surface area (Å²) in [5, 5.41) is 59.8. The molecule has 3 aromatic rings. The molecule has 109 heavy (non-hydrogen) atoms. The van der Waals surface area contributed by atoms with Crippen LogP contribution < -0.4 is 115 Å². The van der Waals surface area contributed by atoms with Crippen molar-refractivity contribution in [2.45, 2.75) is 164 Å². The van der Waals surface area contributed by atoms with Crippen molar-refractivity contribution in [3.05, 3.63) is 102 Å². The SMILES string of the molecule is C[C@H](N)C(=O)N[C@@H](CCCN=C(N)N)C(=O)N[C@@H](CCCN=C(N)N)C(=O)N[C@@H](CCCCN)C(=O)N[C@@H](CCCN=C(N)N)C(=O)N[C@@H](CCCCN)C(=O)NCC(=O)N[C@@H](CO)C(=O)N[C@@H](Cc1ccccc1)C(=O)N[C@@H](Cc1ccccc1)C(=O)N[C@@H](Cc1ccc(O)cc1)C(=O)NCC(=O)NCC(=O)O. The van der Waals surface area contributed by atoms with E-state index >= 15 is 0 Å². The Morgan fingerprint density at radius 2 is 0.661 bits per heavy atom. The first-order valence-electron chi connectivity index (χ1n) is 35.5. The van der Waals surface area contributed by atoms with Gasteiger partial charge in [0.15, 0.2) is 17.9 Å². The maximum atomic E-state index is 14.6. The van der Waals surface area contributed by atoms with E-state index in [1.54, 1.807) is 60.7 Å². The van der Waals surface area contributed by atoms with Gasteiger partial charge in [0.05, 0.1) is 25.7 Å². The highest BCUT2D eigenvalue weighted by Gasteiger charge is 2.36. The number of aliphatic carboxylic acids is 1. The van der Waals surface area contributed by atoms with E-state index in [1.165, 1.54) is 31.2 Å². The average molecular weight is 1530 g/mol. The number of amides is 12. The van der Waals surface area contributed by atoms with Gasteiger partial charge in [-0.25, -0.2) is 0 Å². The van der Waals surface area contributed by atoms with Crippen molar-refractivity contribution in [3.8, 4) is 5.75 Å². The average Bonchev–Trinajstić information content (AvgIpc) is 0.851. The van der Waals surface area contributed by atoms with E-state index in [0.717, 1.165) is 0 Å². The van der Waals surface area contributed by atoms with Gasteiger partial charge >= 0.3 is 5.97 Å². The molecule has 12 amide bonds. The quantitative estimate of drug-likeness (QED) is 0.0142. The molecule has 0 radical (unpaired) electrons. The number of carboxylic acid groups (broad SMARTS) is 1. The maximum absolute atomic E-state index is 14.6. The van der Waals surface area contributed by atoms with E-state index in [0.29, 0.717) is 29.5 Å². The lowest BCUT2D eigenvalue weighted by Gasteiger charge is -2.27. The van der Waals surface area contributed by atoms with Crippen LogP contribution in [0.2, 0.25) is 0 Å². The van der Waals surface area contributed by atoms with Crippen LogP contribution in [0.25, 0.3) is 0 Å². The number of unbranched alkanes of at least 4 members (excludes halogenated alkanes) is 2. The fourth-order valence-corrected chi connectivity index (χ4v) is 10.5. The summed E-state index contributed by atoms with van der Waals surface area (Å²) in [4.78, 5) is 190. The molecule has 0 aliphatic carbocycles. The minimum atomic E-state index is -1.79. The Balaban J connectivity index is 1.92. The molecule has 3 aromatic carbocycles. The van der Waals surface area contributed by atoms with Gasteiger partial charge in [-0.15, -0.1) is 0 Å². The molecule has 0 saturated heterocycles. The van der Waals surface area contributed by atoms with Crippen LogP contribution >= 0.6 is 0 Å². The highest BCUT2D eigenvalue weighted by Crippen LogP contribution is 2.15. The Hall–Kier alpha value is -11.8. The Bertz CT molecular complexity index is 3530. The number of rotatable bonds is 52. The number of carbonyl (C=O) groups is 13. The van der Waals surface area contributed by atoms with Crippen LogP contribution in [0.15, 0.2) is 99.9 Å². The Kier molecular flexibility index (Phi) is 42.5. The molecule has 0 bridgehead atoms. The number of phenolic OH excluding ortho intramolecular Hbond substituents is 1. The van der Waals surface area contributed by atoms with Gasteiger partial charge in [0, 0.05) is 38.9 Å². The first-order chi connectivity index (χ1) is 51.9. The Morgan fingerprint density at radius 3 is 1.01 bits per heavy atom. The van der Waals surface area contributed by atoms with E-state index in [1.807, 2.05) is 0 Å². The van der Waals surface area contributed by atoms with Crippen molar-refractivity contribution in [2.75, 3.05) is 59.0 Å². The summed E-state index contributed by atoms with van der Waals surface area (Å²) in [5.74, 6) is -13.0. The smallest absolute Gasteiger partial charge is 0.322 e. The van der Waals surface area contributed by atoms with Gasteiger partial charge < -0.3 is 131 Å². The standard InChI is InChI=1S/C69H108N24O16/c1-40(72)57(100)86-47(21-12-30-79-67(73)74)61(104)90-49(23-14-32-81-69(77)78)63(106)88-46(20-9-11-29-71)60(103)89-48(22-13-31-80-68(75)76)62(105)87-45(19-8-10-28-70)58(101)84-37-55(97)85-53(39-94)66(109)93-52(34-42-17-6-3-7-18-42)65(108)92-51(33-41-15-4-2-5-16-41)64(107)91-50(35-43-24-26-44(95)27-25-43)59(102)83-36-54(96)82-38-56(98)99/h2-7,15-18,24-27,40,45-53,94-95H,8-14,19-23,28-39,70-72H2,1H3,(H,82,96)(H,83,102)(H,84,101)(H,85,97)(H,86,100)(H,87,105)(H,88,106)(H,89,103)(H,90,104)(H,91,107)(H,92,108)(H,93,109)(H,98,99)(H4,73,74,79)(H4,75,76,80)(H4,77,78,81)/t40-,45-,46-,47-,48-,49-,50-,51-,52-,53-/m0/s1. The number of benzene rings is 3. The van der Waals surface area contributed by atoms with Gasteiger partial charge in [0.25, 0.3) is 0 Å². The second-order valence-electron chi connectivity index (χ2n) is 25.4. The van der Waals surface area contributed by atoms with Crippen LogP contribution in [0.4, 0.5) is 0 Å². The summed E-state index contributed by atoms with van der Waals surface area (Å²) >= 11 is 0. The molecule has 0 aliphatic rings. The Labute approximate surface area is 630 Å². The molecular weight excluding hydrogens is 1420 g/mol. The number of aliphatic hydroxyl groups is 1. The topological polar surface area (TPSA) is 698 Å². The summed E-state index contributed by atoms with van der Waals surface area (Å²) in [6.07, 6.45) is 0.686. The lowest BCUT2D eigenvalue weighted by atomic mass is 10.0. The molecule has 3 rings (SSSR count). The van der Waals surface area contributed by atoms with Crippen LogP contribution in [0.5, 0.6) is 5.75 Å². The first kappa shape index (κ1) is 91.4. The zero-order chi connectivity index (χ0) is 80.8. The van der Waals surface area contributed by atoms with Crippen molar-refractivity contribution < 1.29 is 77.6 Å². The molecule has 33 N–H and O–H groups in total. The fourth-order valence-electron chi connectivity index (χ4n) is 10.5. The zero-order valence-corrected chi connectivity index (χ0v) is 61.0. The van der Waals surface area contributed by atoms with Crippen LogP contribution in [0.3, 0.4) is 0 Å². The largest absolute Gasteiger partial charge is 0.508 e. The number of phenols is 1. The molecule has 0 aromatic heterocycles. The summed E-state index contributed by atoms with van der Waals surface area (Å²) in [7, 11) is 0.